The first-order valence-corrected chi connectivity index (χ1v) is 6.85. The molecule has 0 saturated heterocycles. The Bertz CT molecular complexity index is 659. The molecule has 3 heteroatoms. The second-order valence-corrected chi connectivity index (χ2v) is 4.94. The fraction of sp³-hybridized carbons (Fsp3) is 0.278. The molecular formula is C18H19NO2. The van der Waals surface area contributed by atoms with E-state index < -0.39 is 0 Å². The van der Waals surface area contributed by atoms with E-state index in [1.807, 2.05) is 43.3 Å². The van der Waals surface area contributed by atoms with Gasteiger partial charge in [-0.05, 0) is 31.0 Å². The van der Waals surface area contributed by atoms with Crippen LogP contribution in [0.1, 0.15) is 22.6 Å². The van der Waals surface area contributed by atoms with Crippen LogP contribution in [0.15, 0.2) is 42.5 Å². The minimum atomic E-state index is -0.267. The molecular weight excluding hydrogens is 262 g/mol. The summed E-state index contributed by atoms with van der Waals surface area (Å²) in [6, 6.07) is 16.1. The summed E-state index contributed by atoms with van der Waals surface area (Å²) in [6.45, 7) is 2.04. The molecule has 0 radical (unpaired) electrons. The van der Waals surface area contributed by atoms with Crippen LogP contribution in [0.4, 0.5) is 0 Å². The van der Waals surface area contributed by atoms with Crippen LogP contribution in [0.5, 0.6) is 11.5 Å². The van der Waals surface area contributed by atoms with Crippen LogP contribution in [-0.4, -0.2) is 14.2 Å². The lowest BCUT2D eigenvalue weighted by Gasteiger charge is -2.16. The molecule has 0 bridgehead atoms. The number of nitrogens with zero attached hydrogens (tertiary/aromatic N) is 1. The molecule has 3 nitrogen and oxygen atoms in total. The molecule has 2 aromatic carbocycles. The third kappa shape index (κ3) is 3.35. The molecule has 0 fully saturated rings. The second kappa shape index (κ2) is 6.81. The molecule has 0 aliphatic rings. The van der Waals surface area contributed by atoms with Gasteiger partial charge in [0, 0.05) is 5.56 Å². The Morgan fingerprint density at radius 3 is 2.43 bits per heavy atom. The molecule has 2 aromatic rings. The van der Waals surface area contributed by atoms with Crippen molar-refractivity contribution in [3.63, 3.8) is 0 Å². The van der Waals surface area contributed by atoms with E-state index in [1.165, 1.54) is 0 Å². The van der Waals surface area contributed by atoms with E-state index in [-0.39, 0.29) is 5.92 Å². The third-order valence-electron chi connectivity index (χ3n) is 3.53. The molecule has 0 heterocycles. The highest BCUT2D eigenvalue weighted by Crippen LogP contribution is 2.31. The lowest BCUT2D eigenvalue weighted by molar-refractivity contribution is 0.404. The lowest BCUT2D eigenvalue weighted by Crippen LogP contribution is -2.04. The number of methoxy groups -OCH3 is 2. The maximum absolute atomic E-state index is 9.55. The minimum Gasteiger partial charge on any atom is -0.496 e. The maximum Gasteiger partial charge on any atom is 0.123 e. The number of aryl methyl sites for hydroxylation is 1. The van der Waals surface area contributed by atoms with Crippen molar-refractivity contribution in [1.82, 2.24) is 0 Å². The summed E-state index contributed by atoms with van der Waals surface area (Å²) in [6.07, 6.45) is 0.599. The zero-order chi connectivity index (χ0) is 15.2. The van der Waals surface area contributed by atoms with Crippen molar-refractivity contribution in [2.45, 2.75) is 19.3 Å². The summed E-state index contributed by atoms with van der Waals surface area (Å²) in [4.78, 5) is 0. The highest BCUT2D eigenvalue weighted by molar-refractivity contribution is 5.43. The topological polar surface area (TPSA) is 42.2 Å². The number of hydrogen-bond donors (Lipinski definition) is 0. The summed E-state index contributed by atoms with van der Waals surface area (Å²) in [7, 11) is 3.28. The van der Waals surface area contributed by atoms with Gasteiger partial charge < -0.3 is 9.47 Å². The number of rotatable bonds is 5. The van der Waals surface area contributed by atoms with E-state index in [2.05, 4.69) is 12.1 Å². The van der Waals surface area contributed by atoms with E-state index in [0.717, 1.165) is 28.2 Å². The monoisotopic (exact) mass is 281 g/mol. The fourth-order valence-electron chi connectivity index (χ4n) is 2.47. The average Bonchev–Trinajstić information content (AvgIpc) is 2.52. The van der Waals surface area contributed by atoms with Gasteiger partial charge in [0.25, 0.3) is 0 Å². The molecule has 1 atom stereocenters. The SMILES string of the molecule is COc1ccc(C)cc1CC(C#N)c1ccccc1OC. The van der Waals surface area contributed by atoms with Gasteiger partial charge in [-0.25, -0.2) is 0 Å². The van der Waals surface area contributed by atoms with E-state index in [9.17, 15) is 5.26 Å². The molecule has 0 amide bonds. The summed E-state index contributed by atoms with van der Waals surface area (Å²) in [5.74, 6) is 1.29. The van der Waals surface area contributed by atoms with Crippen molar-refractivity contribution in [2.75, 3.05) is 14.2 Å². The molecule has 0 N–H and O–H groups in total. The van der Waals surface area contributed by atoms with Crippen molar-refractivity contribution in [3.8, 4) is 17.6 Å². The lowest BCUT2D eigenvalue weighted by atomic mass is 9.91. The van der Waals surface area contributed by atoms with Crippen LogP contribution in [0.3, 0.4) is 0 Å². The minimum absolute atomic E-state index is 0.267. The largest absolute Gasteiger partial charge is 0.496 e. The van der Waals surface area contributed by atoms with Crippen molar-refractivity contribution in [3.05, 3.63) is 59.2 Å². The Kier molecular flexibility index (Phi) is 4.84. The molecule has 0 saturated carbocycles. The Hall–Kier alpha value is -2.47. The number of para-hydroxylation sites is 1. The molecule has 2 rings (SSSR count). The van der Waals surface area contributed by atoms with Crippen LogP contribution in [0, 0.1) is 18.3 Å². The Balaban J connectivity index is 2.36. The van der Waals surface area contributed by atoms with Crippen molar-refractivity contribution in [1.29, 1.82) is 5.26 Å². The molecule has 0 aromatic heterocycles. The van der Waals surface area contributed by atoms with Crippen LogP contribution in [0.2, 0.25) is 0 Å². The van der Waals surface area contributed by atoms with Gasteiger partial charge in [-0.1, -0.05) is 35.9 Å². The van der Waals surface area contributed by atoms with Crippen LogP contribution < -0.4 is 9.47 Å². The smallest absolute Gasteiger partial charge is 0.123 e. The van der Waals surface area contributed by atoms with Crippen LogP contribution in [-0.2, 0) is 6.42 Å². The number of benzene rings is 2. The van der Waals surface area contributed by atoms with Gasteiger partial charge in [-0.3, -0.25) is 0 Å². The van der Waals surface area contributed by atoms with Gasteiger partial charge in [-0.2, -0.15) is 5.26 Å². The number of hydrogen-bond acceptors (Lipinski definition) is 3. The zero-order valence-corrected chi connectivity index (χ0v) is 12.6. The Labute approximate surface area is 125 Å². The standard InChI is InChI=1S/C18H19NO2/c1-13-8-9-17(20-2)14(10-13)11-15(12-19)16-6-4-5-7-18(16)21-3/h4-10,15H,11H2,1-3H3. The highest BCUT2D eigenvalue weighted by Gasteiger charge is 2.18. The first kappa shape index (κ1) is 14.9. The number of nitriles is 1. The van der Waals surface area contributed by atoms with Gasteiger partial charge in [0.15, 0.2) is 0 Å². The average molecular weight is 281 g/mol. The van der Waals surface area contributed by atoms with Gasteiger partial charge in [0.1, 0.15) is 11.5 Å². The highest BCUT2D eigenvalue weighted by atomic mass is 16.5. The summed E-state index contributed by atoms with van der Waals surface area (Å²) >= 11 is 0. The molecule has 0 aliphatic carbocycles. The van der Waals surface area contributed by atoms with Gasteiger partial charge >= 0.3 is 0 Å². The van der Waals surface area contributed by atoms with E-state index >= 15 is 0 Å². The summed E-state index contributed by atoms with van der Waals surface area (Å²) in [5.41, 5.74) is 3.10. The fourth-order valence-corrected chi connectivity index (χ4v) is 2.47. The van der Waals surface area contributed by atoms with Crippen molar-refractivity contribution < 1.29 is 9.47 Å². The molecule has 0 aliphatic heterocycles. The van der Waals surface area contributed by atoms with Gasteiger partial charge in [0.2, 0.25) is 0 Å². The van der Waals surface area contributed by atoms with E-state index in [4.69, 9.17) is 9.47 Å². The Morgan fingerprint density at radius 2 is 1.76 bits per heavy atom. The van der Waals surface area contributed by atoms with Gasteiger partial charge in [-0.15, -0.1) is 0 Å². The summed E-state index contributed by atoms with van der Waals surface area (Å²) in [5, 5.41) is 9.55. The second-order valence-electron chi connectivity index (χ2n) is 4.94. The normalized spacial score (nSPS) is 11.5. The predicted molar refractivity (Wildman–Crippen MR) is 82.8 cm³/mol. The van der Waals surface area contributed by atoms with Crippen LogP contribution >= 0.6 is 0 Å². The Morgan fingerprint density at radius 1 is 1.05 bits per heavy atom. The summed E-state index contributed by atoms with van der Waals surface area (Å²) < 4.78 is 10.8. The molecule has 0 spiro atoms. The number of ether oxygens (including phenoxy) is 2. The maximum atomic E-state index is 9.55. The van der Waals surface area contributed by atoms with Crippen molar-refractivity contribution in [2.24, 2.45) is 0 Å². The molecule has 108 valence electrons. The molecule has 21 heavy (non-hydrogen) atoms. The zero-order valence-electron chi connectivity index (χ0n) is 12.6. The van der Waals surface area contributed by atoms with E-state index in [0.29, 0.717) is 6.42 Å². The van der Waals surface area contributed by atoms with Crippen LogP contribution in [0.25, 0.3) is 0 Å². The van der Waals surface area contributed by atoms with Gasteiger partial charge in [0.05, 0.1) is 26.2 Å². The predicted octanol–water partition coefficient (Wildman–Crippen LogP) is 3.86. The quantitative estimate of drug-likeness (QED) is 0.835. The van der Waals surface area contributed by atoms with Crippen molar-refractivity contribution >= 4 is 0 Å². The third-order valence-corrected chi connectivity index (χ3v) is 3.53. The first-order valence-electron chi connectivity index (χ1n) is 6.85. The first-order chi connectivity index (χ1) is 10.2. The molecule has 1 unspecified atom stereocenters. The van der Waals surface area contributed by atoms with E-state index in [1.54, 1.807) is 14.2 Å².